The van der Waals surface area contributed by atoms with Crippen LogP contribution in [0.3, 0.4) is 0 Å². The van der Waals surface area contributed by atoms with Crippen molar-refractivity contribution in [3.63, 3.8) is 0 Å². The summed E-state index contributed by atoms with van der Waals surface area (Å²) in [4.78, 5) is 21.0. The van der Waals surface area contributed by atoms with Gasteiger partial charge in [0, 0.05) is 45.1 Å². The molecule has 3 aromatic rings. The molecule has 1 aliphatic rings. The zero-order valence-corrected chi connectivity index (χ0v) is 15.5. The smallest absolute Gasteiger partial charge is 0.289 e. The van der Waals surface area contributed by atoms with Crippen LogP contribution in [0.4, 0.5) is 0 Å². The first-order valence-corrected chi connectivity index (χ1v) is 9.29. The highest BCUT2D eigenvalue weighted by Crippen LogP contribution is 2.16. The maximum Gasteiger partial charge on any atom is 0.289 e. The lowest BCUT2D eigenvalue weighted by molar-refractivity contribution is 0.0595. The number of imidazole rings is 1. The first-order valence-electron chi connectivity index (χ1n) is 9.29. The number of rotatable bonds is 5. The quantitative estimate of drug-likeness (QED) is 0.699. The highest BCUT2D eigenvalue weighted by Gasteiger charge is 2.24. The van der Waals surface area contributed by atoms with E-state index in [0.29, 0.717) is 12.3 Å². The summed E-state index contributed by atoms with van der Waals surface area (Å²) in [5.74, 6) is 1.15. The van der Waals surface area contributed by atoms with E-state index in [9.17, 15) is 4.79 Å². The summed E-state index contributed by atoms with van der Waals surface area (Å²) in [6, 6.07) is 12.1. The van der Waals surface area contributed by atoms with E-state index >= 15 is 0 Å². The molecule has 0 unspecified atom stereocenters. The molecular weight excluding hydrogens is 340 g/mol. The van der Waals surface area contributed by atoms with Gasteiger partial charge in [0.15, 0.2) is 5.76 Å². The summed E-state index contributed by atoms with van der Waals surface area (Å²) >= 11 is 0. The average Bonchev–Trinajstić information content (AvgIpc) is 3.36. The highest BCUT2D eigenvalue weighted by molar-refractivity contribution is 5.91. The van der Waals surface area contributed by atoms with Gasteiger partial charge in [-0.15, -0.1) is 0 Å². The largest absolute Gasteiger partial charge is 0.454 e. The lowest BCUT2D eigenvalue weighted by Gasteiger charge is -2.34. The molecule has 27 heavy (non-hydrogen) atoms. The van der Waals surface area contributed by atoms with Gasteiger partial charge in [0.2, 0.25) is 0 Å². The van der Waals surface area contributed by atoms with Crippen LogP contribution in [-0.2, 0) is 13.1 Å². The van der Waals surface area contributed by atoms with Gasteiger partial charge in [-0.05, 0) is 30.2 Å². The highest BCUT2D eigenvalue weighted by atomic mass is 16.4. The SMILES string of the molecule is Cc1ccccc1CN1CCN(C(=O)c2ccc(Cn3ccnc3)o2)CC1. The standard InChI is InChI=1S/C21H24N4O2/c1-17-4-2-3-5-18(17)14-23-10-12-25(13-11-23)21(26)20-7-6-19(27-20)15-24-9-8-22-16-24/h2-9,16H,10-15H2,1H3. The summed E-state index contributed by atoms with van der Waals surface area (Å²) in [5, 5.41) is 0. The third-order valence-electron chi connectivity index (χ3n) is 5.08. The molecule has 0 spiro atoms. The molecule has 1 amide bonds. The number of carbonyl (C=O) groups is 1. The summed E-state index contributed by atoms with van der Waals surface area (Å²) in [5.41, 5.74) is 2.67. The summed E-state index contributed by atoms with van der Waals surface area (Å²) < 4.78 is 7.67. The van der Waals surface area contributed by atoms with E-state index < -0.39 is 0 Å². The van der Waals surface area contributed by atoms with Gasteiger partial charge < -0.3 is 13.9 Å². The van der Waals surface area contributed by atoms with Gasteiger partial charge in [0.1, 0.15) is 5.76 Å². The van der Waals surface area contributed by atoms with Crippen molar-refractivity contribution in [2.45, 2.75) is 20.0 Å². The van der Waals surface area contributed by atoms with Gasteiger partial charge in [-0.2, -0.15) is 0 Å². The van der Waals surface area contributed by atoms with E-state index in [1.807, 2.05) is 21.7 Å². The second-order valence-electron chi connectivity index (χ2n) is 7.00. The van der Waals surface area contributed by atoms with E-state index in [4.69, 9.17) is 4.42 Å². The van der Waals surface area contributed by atoms with Crippen LogP contribution in [-0.4, -0.2) is 51.4 Å². The van der Waals surface area contributed by atoms with Crippen molar-refractivity contribution in [1.29, 1.82) is 0 Å². The van der Waals surface area contributed by atoms with Crippen molar-refractivity contribution in [2.24, 2.45) is 0 Å². The zero-order chi connectivity index (χ0) is 18.6. The van der Waals surface area contributed by atoms with Gasteiger partial charge >= 0.3 is 0 Å². The van der Waals surface area contributed by atoms with Gasteiger partial charge in [-0.1, -0.05) is 24.3 Å². The fourth-order valence-electron chi connectivity index (χ4n) is 3.43. The van der Waals surface area contributed by atoms with Crippen molar-refractivity contribution in [3.8, 4) is 0 Å². The lowest BCUT2D eigenvalue weighted by Crippen LogP contribution is -2.48. The predicted molar refractivity (Wildman–Crippen MR) is 102 cm³/mol. The number of furan rings is 1. The molecule has 2 aromatic heterocycles. The molecule has 0 saturated carbocycles. The Balaban J connectivity index is 1.32. The van der Waals surface area contributed by atoms with Crippen LogP contribution in [0, 0.1) is 6.92 Å². The number of carbonyl (C=O) groups excluding carboxylic acids is 1. The number of benzene rings is 1. The number of amides is 1. The van der Waals surface area contributed by atoms with E-state index in [2.05, 4.69) is 41.1 Å². The molecular formula is C21H24N4O2. The Kier molecular flexibility index (Phi) is 5.07. The van der Waals surface area contributed by atoms with E-state index in [0.717, 1.165) is 38.5 Å². The van der Waals surface area contributed by atoms with Crippen LogP contribution in [0.1, 0.15) is 27.4 Å². The van der Waals surface area contributed by atoms with Crippen LogP contribution in [0.5, 0.6) is 0 Å². The molecule has 1 fully saturated rings. The van der Waals surface area contributed by atoms with Crippen LogP contribution < -0.4 is 0 Å². The molecule has 0 radical (unpaired) electrons. The number of aryl methyl sites for hydroxylation is 1. The van der Waals surface area contributed by atoms with Crippen LogP contribution >= 0.6 is 0 Å². The maximum absolute atomic E-state index is 12.7. The number of nitrogens with zero attached hydrogens (tertiary/aromatic N) is 4. The lowest BCUT2D eigenvalue weighted by atomic mass is 10.1. The first kappa shape index (κ1) is 17.5. The third-order valence-corrected chi connectivity index (χ3v) is 5.08. The van der Waals surface area contributed by atoms with Gasteiger partial charge in [0.05, 0.1) is 12.9 Å². The Morgan fingerprint density at radius 1 is 1.07 bits per heavy atom. The van der Waals surface area contributed by atoms with E-state index in [1.165, 1.54) is 11.1 Å². The summed E-state index contributed by atoms with van der Waals surface area (Å²) in [6.45, 7) is 6.87. The predicted octanol–water partition coefficient (Wildman–Crippen LogP) is 2.79. The Labute approximate surface area is 159 Å². The first-order chi connectivity index (χ1) is 13.2. The molecule has 0 aliphatic carbocycles. The monoisotopic (exact) mass is 364 g/mol. The van der Waals surface area contributed by atoms with Crippen molar-refractivity contribution < 1.29 is 9.21 Å². The fourth-order valence-corrected chi connectivity index (χ4v) is 3.43. The molecule has 1 aromatic carbocycles. The second-order valence-corrected chi connectivity index (χ2v) is 7.00. The normalized spacial score (nSPS) is 15.2. The van der Waals surface area contributed by atoms with Crippen molar-refractivity contribution >= 4 is 5.91 Å². The van der Waals surface area contributed by atoms with Crippen LogP contribution in [0.15, 0.2) is 59.5 Å². The minimum Gasteiger partial charge on any atom is -0.454 e. The molecule has 6 heteroatoms. The Morgan fingerprint density at radius 2 is 1.89 bits per heavy atom. The number of piperazine rings is 1. The number of hydrogen-bond acceptors (Lipinski definition) is 4. The van der Waals surface area contributed by atoms with E-state index in [1.54, 1.807) is 18.6 Å². The molecule has 3 heterocycles. The number of aromatic nitrogens is 2. The molecule has 0 atom stereocenters. The Hall–Kier alpha value is -2.86. The Morgan fingerprint density at radius 3 is 2.63 bits per heavy atom. The number of hydrogen-bond donors (Lipinski definition) is 0. The van der Waals surface area contributed by atoms with Crippen molar-refractivity contribution in [3.05, 3.63) is 77.8 Å². The Bertz CT molecular complexity index is 893. The van der Waals surface area contributed by atoms with Crippen LogP contribution in [0.2, 0.25) is 0 Å². The molecule has 0 N–H and O–H groups in total. The van der Waals surface area contributed by atoms with Gasteiger partial charge in [-0.3, -0.25) is 9.69 Å². The molecule has 0 bridgehead atoms. The maximum atomic E-state index is 12.7. The van der Waals surface area contributed by atoms with Gasteiger partial charge in [0.25, 0.3) is 5.91 Å². The van der Waals surface area contributed by atoms with Crippen molar-refractivity contribution in [1.82, 2.24) is 19.4 Å². The molecule has 1 saturated heterocycles. The van der Waals surface area contributed by atoms with Crippen LogP contribution in [0.25, 0.3) is 0 Å². The molecule has 1 aliphatic heterocycles. The van der Waals surface area contributed by atoms with Gasteiger partial charge in [-0.25, -0.2) is 4.98 Å². The average molecular weight is 364 g/mol. The zero-order valence-electron chi connectivity index (χ0n) is 15.5. The van der Waals surface area contributed by atoms with E-state index in [-0.39, 0.29) is 5.91 Å². The fraction of sp³-hybridized carbons (Fsp3) is 0.333. The second kappa shape index (κ2) is 7.80. The summed E-state index contributed by atoms with van der Waals surface area (Å²) in [7, 11) is 0. The third kappa shape index (κ3) is 4.11. The topological polar surface area (TPSA) is 54.5 Å². The molecule has 4 rings (SSSR count). The van der Waals surface area contributed by atoms with Crippen molar-refractivity contribution in [2.75, 3.05) is 26.2 Å². The minimum atomic E-state index is -0.0255. The molecule has 140 valence electrons. The summed E-state index contributed by atoms with van der Waals surface area (Å²) in [6.07, 6.45) is 5.33. The molecule has 6 nitrogen and oxygen atoms in total. The minimum absolute atomic E-state index is 0.0255.